The lowest BCUT2D eigenvalue weighted by Gasteiger charge is -2.09. The molecule has 1 amide bonds. The fraction of sp³-hybridized carbons (Fsp3) is 0.167. The minimum Gasteiger partial charge on any atom is -0.496 e. The number of benzene rings is 2. The number of nitro groups is 1. The Morgan fingerprint density at radius 3 is 2.54 bits per heavy atom. The number of esters is 1. The summed E-state index contributed by atoms with van der Waals surface area (Å²) in [5.41, 5.74) is 2.60. The van der Waals surface area contributed by atoms with Gasteiger partial charge in [0.1, 0.15) is 11.4 Å². The van der Waals surface area contributed by atoms with Crippen molar-refractivity contribution in [2.45, 2.75) is 13.8 Å². The highest BCUT2D eigenvalue weighted by Crippen LogP contribution is 2.30. The summed E-state index contributed by atoms with van der Waals surface area (Å²) >= 11 is 0. The number of hydrogen-bond acceptors (Lipinski definition) is 9. The van der Waals surface area contributed by atoms with E-state index in [1.165, 1.54) is 25.3 Å². The lowest BCUT2D eigenvalue weighted by atomic mass is 10.0. The van der Waals surface area contributed by atoms with E-state index in [4.69, 9.17) is 14.0 Å². The molecule has 0 saturated carbocycles. The Bertz CT molecular complexity index is 1440. The zero-order chi connectivity index (χ0) is 25.1. The number of amides is 1. The summed E-state index contributed by atoms with van der Waals surface area (Å²) < 4.78 is 15.4. The van der Waals surface area contributed by atoms with Crippen molar-refractivity contribution in [2.75, 3.05) is 19.0 Å². The van der Waals surface area contributed by atoms with Gasteiger partial charge in [-0.1, -0.05) is 35.0 Å². The molecule has 2 heterocycles. The summed E-state index contributed by atoms with van der Waals surface area (Å²) in [4.78, 5) is 40.4. The van der Waals surface area contributed by atoms with E-state index < -0.39 is 23.4 Å². The van der Waals surface area contributed by atoms with Crippen molar-refractivity contribution in [3.63, 3.8) is 0 Å². The van der Waals surface area contributed by atoms with Crippen LogP contribution in [0.2, 0.25) is 0 Å². The van der Waals surface area contributed by atoms with E-state index in [0.29, 0.717) is 16.8 Å². The van der Waals surface area contributed by atoms with Gasteiger partial charge in [-0.15, -0.1) is 0 Å². The number of nitro benzene ring substituents is 1. The van der Waals surface area contributed by atoms with Gasteiger partial charge in [0.2, 0.25) is 0 Å². The summed E-state index contributed by atoms with van der Waals surface area (Å²) in [6.07, 6.45) is 0. The number of nitrogens with zero attached hydrogens (tertiary/aromatic N) is 3. The Balaban J connectivity index is 1.55. The largest absolute Gasteiger partial charge is 0.496 e. The van der Waals surface area contributed by atoms with E-state index in [9.17, 15) is 19.7 Å². The molecular formula is C24H20N4O7. The molecule has 0 fully saturated rings. The number of carbonyl (C=O) groups excluding carboxylic acids is 2. The van der Waals surface area contributed by atoms with E-state index in [1.54, 1.807) is 13.0 Å². The Morgan fingerprint density at radius 2 is 1.86 bits per heavy atom. The van der Waals surface area contributed by atoms with Gasteiger partial charge < -0.3 is 19.3 Å². The third-order valence-corrected chi connectivity index (χ3v) is 5.19. The second-order valence-corrected chi connectivity index (χ2v) is 7.63. The van der Waals surface area contributed by atoms with Crippen LogP contribution in [-0.4, -0.2) is 40.7 Å². The van der Waals surface area contributed by atoms with Crippen LogP contribution in [-0.2, 0) is 9.53 Å². The summed E-state index contributed by atoms with van der Waals surface area (Å²) in [6, 6.07) is 13.1. The maximum atomic E-state index is 12.9. The van der Waals surface area contributed by atoms with Gasteiger partial charge in [-0.3, -0.25) is 14.9 Å². The molecule has 0 aliphatic heterocycles. The van der Waals surface area contributed by atoms with Crippen molar-refractivity contribution in [1.29, 1.82) is 0 Å². The number of hydrogen-bond donors (Lipinski definition) is 1. The number of anilines is 1. The number of carbonyl (C=O) groups is 2. The topological polar surface area (TPSA) is 147 Å². The number of pyridine rings is 1. The summed E-state index contributed by atoms with van der Waals surface area (Å²) in [5, 5.41) is 17.9. The minimum atomic E-state index is -0.795. The molecule has 178 valence electrons. The second-order valence-electron chi connectivity index (χ2n) is 7.63. The van der Waals surface area contributed by atoms with E-state index in [1.807, 2.05) is 31.2 Å². The third-order valence-electron chi connectivity index (χ3n) is 5.19. The molecule has 0 atom stereocenters. The molecule has 0 aliphatic rings. The number of ether oxygens (including phenoxy) is 2. The Morgan fingerprint density at radius 1 is 1.11 bits per heavy atom. The third kappa shape index (κ3) is 4.93. The van der Waals surface area contributed by atoms with Gasteiger partial charge in [-0.05, 0) is 32.0 Å². The molecule has 35 heavy (non-hydrogen) atoms. The molecule has 0 unspecified atom stereocenters. The molecule has 4 rings (SSSR count). The molecule has 11 nitrogen and oxygen atoms in total. The van der Waals surface area contributed by atoms with Gasteiger partial charge in [0, 0.05) is 5.56 Å². The van der Waals surface area contributed by atoms with Crippen LogP contribution in [0.4, 0.5) is 11.4 Å². The molecular weight excluding hydrogens is 456 g/mol. The predicted octanol–water partition coefficient (Wildman–Crippen LogP) is 4.22. The average Bonchev–Trinajstić information content (AvgIpc) is 3.23. The zero-order valence-corrected chi connectivity index (χ0v) is 19.0. The Kier molecular flexibility index (Phi) is 6.40. The standard InChI is InChI=1S/C24H20N4O7/c1-13-4-6-15(7-5-13)19-11-17(22-14(2)27-35-23(22)26-19)24(30)34-12-21(29)25-18-9-8-16(33-3)10-20(18)28(31)32/h4-11H,12H2,1-3H3,(H,25,29). The van der Waals surface area contributed by atoms with Crippen molar-refractivity contribution in [1.82, 2.24) is 10.1 Å². The first-order chi connectivity index (χ1) is 16.8. The molecule has 1 N–H and O–H groups in total. The van der Waals surface area contributed by atoms with Crippen LogP contribution < -0.4 is 10.1 Å². The van der Waals surface area contributed by atoms with Gasteiger partial charge in [0.25, 0.3) is 17.3 Å². The van der Waals surface area contributed by atoms with Crippen LogP contribution in [0, 0.1) is 24.0 Å². The SMILES string of the molecule is COc1ccc(NC(=O)COC(=O)c2cc(-c3ccc(C)cc3)nc3onc(C)c23)c([N+](=O)[O-])c1. The van der Waals surface area contributed by atoms with Crippen molar-refractivity contribution < 1.29 is 28.5 Å². The van der Waals surface area contributed by atoms with E-state index in [-0.39, 0.29) is 28.4 Å². The van der Waals surface area contributed by atoms with Gasteiger partial charge in [0.15, 0.2) is 6.61 Å². The van der Waals surface area contributed by atoms with Crippen molar-refractivity contribution >= 4 is 34.4 Å². The highest BCUT2D eigenvalue weighted by atomic mass is 16.6. The molecule has 11 heteroatoms. The first-order valence-corrected chi connectivity index (χ1v) is 10.4. The van der Waals surface area contributed by atoms with E-state index in [0.717, 1.165) is 11.1 Å². The maximum Gasteiger partial charge on any atom is 0.339 e. The van der Waals surface area contributed by atoms with Crippen molar-refractivity contribution in [3.8, 4) is 17.0 Å². The van der Waals surface area contributed by atoms with Crippen LogP contribution >= 0.6 is 0 Å². The summed E-state index contributed by atoms with van der Waals surface area (Å²) in [7, 11) is 1.37. The second kappa shape index (κ2) is 9.59. The number of rotatable bonds is 7. The van der Waals surface area contributed by atoms with E-state index >= 15 is 0 Å². The molecule has 0 bridgehead atoms. The molecule has 2 aromatic heterocycles. The van der Waals surface area contributed by atoms with Gasteiger partial charge >= 0.3 is 5.97 Å². The molecule has 0 spiro atoms. The van der Waals surface area contributed by atoms with Gasteiger partial charge in [-0.25, -0.2) is 9.78 Å². The van der Waals surface area contributed by atoms with Crippen LogP contribution in [0.5, 0.6) is 5.75 Å². The Hall–Kier alpha value is -4.80. The number of fused-ring (bicyclic) bond motifs is 1. The number of methoxy groups -OCH3 is 1. The van der Waals surface area contributed by atoms with Crippen LogP contribution in [0.1, 0.15) is 21.6 Å². The average molecular weight is 476 g/mol. The highest BCUT2D eigenvalue weighted by molar-refractivity contribution is 6.05. The monoisotopic (exact) mass is 476 g/mol. The minimum absolute atomic E-state index is 0.0558. The first kappa shape index (κ1) is 23.4. The van der Waals surface area contributed by atoms with Crippen LogP contribution in [0.15, 0.2) is 53.1 Å². The molecule has 0 radical (unpaired) electrons. The molecule has 0 aliphatic carbocycles. The zero-order valence-electron chi connectivity index (χ0n) is 19.0. The van der Waals surface area contributed by atoms with Crippen molar-refractivity contribution in [2.24, 2.45) is 0 Å². The molecule has 0 saturated heterocycles. The van der Waals surface area contributed by atoms with Crippen LogP contribution in [0.3, 0.4) is 0 Å². The van der Waals surface area contributed by atoms with Gasteiger partial charge in [0.05, 0.1) is 40.4 Å². The smallest absolute Gasteiger partial charge is 0.339 e. The van der Waals surface area contributed by atoms with E-state index in [2.05, 4.69) is 15.5 Å². The lowest BCUT2D eigenvalue weighted by molar-refractivity contribution is -0.384. The normalized spacial score (nSPS) is 10.7. The summed E-state index contributed by atoms with van der Waals surface area (Å²) in [5.74, 6) is -1.29. The molecule has 2 aromatic carbocycles. The quantitative estimate of drug-likeness (QED) is 0.235. The first-order valence-electron chi connectivity index (χ1n) is 10.4. The summed E-state index contributed by atoms with van der Waals surface area (Å²) in [6.45, 7) is 2.94. The van der Waals surface area contributed by atoms with Crippen LogP contribution in [0.25, 0.3) is 22.4 Å². The predicted molar refractivity (Wildman–Crippen MR) is 125 cm³/mol. The number of nitrogens with one attached hydrogen (secondary N) is 1. The lowest BCUT2D eigenvalue weighted by Crippen LogP contribution is -2.21. The number of aromatic nitrogens is 2. The Labute approximate surface area is 198 Å². The fourth-order valence-corrected chi connectivity index (χ4v) is 3.42. The van der Waals surface area contributed by atoms with Gasteiger partial charge in [-0.2, -0.15) is 0 Å². The fourth-order valence-electron chi connectivity index (χ4n) is 3.42. The highest BCUT2D eigenvalue weighted by Gasteiger charge is 2.22. The van der Waals surface area contributed by atoms with Crippen molar-refractivity contribution in [3.05, 3.63) is 75.5 Å². The maximum absolute atomic E-state index is 12.9. The molecule has 4 aromatic rings. The number of aryl methyl sites for hydroxylation is 2.